The minimum Gasteiger partial charge on any atom is -0.495 e. The Balaban J connectivity index is 1.77. The summed E-state index contributed by atoms with van der Waals surface area (Å²) in [4.78, 5) is 2.30. The van der Waals surface area contributed by atoms with Gasteiger partial charge < -0.3 is 9.64 Å². The quantitative estimate of drug-likeness (QED) is 0.834. The summed E-state index contributed by atoms with van der Waals surface area (Å²) in [5, 5.41) is 0.254. The maximum absolute atomic E-state index is 12.8. The summed E-state index contributed by atoms with van der Waals surface area (Å²) in [7, 11) is -1.93. The Kier molecular flexibility index (Phi) is 4.99. The lowest BCUT2D eigenvalue weighted by atomic mass is 10.2. The fourth-order valence-electron chi connectivity index (χ4n) is 2.85. The molecule has 0 aromatic heterocycles. The molecule has 0 aliphatic carbocycles. The van der Waals surface area contributed by atoms with E-state index in [2.05, 4.69) is 4.90 Å². The van der Waals surface area contributed by atoms with Crippen LogP contribution in [0.4, 0.5) is 5.69 Å². The van der Waals surface area contributed by atoms with Crippen LogP contribution in [0.2, 0.25) is 5.02 Å². The van der Waals surface area contributed by atoms with Gasteiger partial charge in [-0.1, -0.05) is 35.9 Å². The van der Waals surface area contributed by atoms with E-state index in [1.165, 1.54) is 4.31 Å². The molecule has 7 heteroatoms. The lowest BCUT2D eigenvalue weighted by Crippen LogP contribution is -2.48. The number of sulfonamides is 1. The average molecular weight is 367 g/mol. The van der Waals surface area contributed by atoms with Gasteiger partial charge in [-0.05, 0) is 24.3 Å². The third-order valence-electron chi connectivity index (χ3n) is 4.12. The monoisotopic (exact) mass is 366 g/mol. The largest absolute Gasteiger partial charge is 0.495 e. The Bertz CT molecular complexity index is 818. The first-order valence-electron chi connectivity index (χ1n) is 7.66. The van der Waals surface area contributed by atoms with E-state index in [1.807, 2.05) is 24.3 Å². The van der Waals surface area contributed by atoms with Crippen LogP contribution in [-0.2, 0) is 10.0 Å². The number of ether oxygens (including phenoxy) is 1. The first-order valence-corrected chi connectivity index (χ1v) is 9.48. The molecular weight excluding hydrogens is 348 g/mol. The van der Waals surface area contributed by atoms with E-state index in [0.29, 0.717) is 26.2 Å². The molecule has 3 rings (SSSR count). The Labute approximate surface area is 147 Å². The smallest absolute Gasteiger partial charge is 0.244 e. The number of rotatable bonds is 4. The Morgan fingerprint density at radius 1 is 0.958 bits per heavy atom. The Hall–Kier alpha value is -1.76. The number of para-hydroxylation sites is 2. The third-order valence-corrected chi connectivity index (χ3v) is 6.52. The summed E-state index contributed by atoms with van der Waals surface area (Å²) in [6, 6.07) is 14.3. The molecule has 1 aliphatic heterocycles. The zero-order valence-corrected chi connectivity index (χ0v) is 14.9. The molecule has 2 aromatic rings. The summed E-state index contributed by atoms with van der Waals surface area (Å²) < 4.78 is 32.4. The van der Waals surface area contributed by atoms with Crippen LogP contribution in [-0.4, -0.2) is 46.0 Å². The number of halogens is 1. The molecule has 1 fully saturated rings. The van der Waals surface area contributed by atoms with E-state index in [4.69, 9.17) is 16.3 Å². The van der Waals surface area contributed by atoms with Crippen molar-refractivity contribution in [2.24, 2.45) is 0 Å². The summed E-state index contributed by atoms with van der Waals surface area (Å²) >= 11 is 6.06. The molecule has 2 aromatic carbocycles. The number of hydrogen-bond acceptors (Lipinski definition) is 4. The molecule has 1 aliphatic rings. The van der Waals surface area contributed by atoms with Crippen molar-refractivity contribution in [2.45, 2.75) is 4.90 Å². The second-order valence-corrected chi connectivity index (χ2v) is 7.81. The number of anilines is 1. The molecule has 5 nitrogen and oxygen atoms in total. The normalized spacial score (nSPS) is 16.2. The van der Waals surface area contributed by atoms with Gasteiger partial charge in [0.05, 0.1) is 17.8 Å². The van der Waals surface area contributed by atoms with Crippen molar-refractivity contribution in [2.75, 3.05) is 38.2 Å². The lowest BCUT2D eigenvalue weighted by molar-refractivity contribution is 0.378. The molecule has 1 saturated heterocycles. The van der Waals surface area contributed by atoms with Gasteiger partial charge in [0.15, 0.2) is 0 Å². The van der Waals surface area contributed by atoms with Crippen LogP contribution in [0.15, 0.2) is 53.4 Å². The zero-order chi connectivity index (χ0) is 17.2. The van der Waals surface area contributed by atoms with Crippen molar-refractivity contribution in [1.29, 1.82) is 0 Å². The first kappa shape index (κ1) is 17.1. The SMILES string of the molecule is COc1ccccc1N1CCN(S(=O)(=O)c2ccccc2Cl)CC1. The van der Waals surface area contributed by atoms with E-state index in [0.717, 1.165) is 11.4 Å². The van der Waals surface area contributed by atoms with Crippen LogP contribution in [0.1, 0.15) is 0 Å². The summed E-state index contributed by atoms with van der Waals surface area (Å²) in [6.07, 6.45) is 0. The van der Waals surface area contributed by atoms with E-state index >= 15 is 0 Å². The Morgan fingerprint density at radius 3 is 2.25 bits per heavy atom. The van der Waals surface area contributed by atoms with Crippen LogP contribution >= 0.6 is 11.6 Å². The second-order valence-electron chi connectivity index (χ2n) is 5.49. The minimum atomic E-state index is -3.57. The maximum atomic E-state index is 12.8. The lowest BCUT2D eigenvalue weighted by Gasteiger charge is -2.36. The van der Waals surface area contributed by atoms with Gasteiger partial charge in [-0.2, -0.15) is 4.31 Å². The summed E-state index contributed by atoms with van der Waals surface area (Å²) in [5.74, 6) is 0.792. The van der Waals surface area contributed by atoms with Crippen molar-refractivity contribution in [3.8, 4) is 5.75 Å². The van der Waals surface area contributed by atoms with Crippen molar-refractivity contribution >= 4 is 27.3 Å². The van der Waals surface area contributed by atoms with Gasteiger partial charge in [0.1, 0.15) is 10.6 Å². The zero-order valence-electron chi connectivity index (χ0n) is 13.4. The van der Waals surface area contributed by atoms with E-state index in [9.17, 15) is 8.42 Å². The highest BCUT2D eigenvalue weighted by molar-refractivity contribution is 7.89. The van der Waals surface area contributed by atoms with Gasteiger partial charge in [-0.25, -0.2) is 8.42 Å². The number of nitrogens with zero attached hydrogens (tertiary/aromatic N) is 2. The molecule has 0 saturated carbocycles. The number of hydrogen-bond donors (Lipinski definition) is 0. The van der Waals surface area contributed by atoms with Gasteiger partial charge in [0.2, 0.25) is 10.0 Å². The average Bonchev–Trinajstić information content (AvgIpc) is 2.62. The van der Waals surface area contributed by atoms with Crippen LogP contribution in [0.5, 0.6) is 5.75 Å². The predicted octanol–water partition coefficient (Wildman–Crippen LogP) is 2.86. The van der Waals surface area contributed by atoms with E-state index in [-0.39, 0.29) is 9.92 Å². The molecule has 0 radical (unpaired) electrons. The third kappa shape index (κ3) is 3.22. The second kappa shape index (κ2) is 7.01. The highest BCUT2D eigenvalue weighted by atomic mass is 35.5. The van der Waals surface area contributed by atoms with E-state index < -0.39 is 10.0 Å². The maximum Gasteiger partial charge on any atom is 0.244 e. The number of benzene rings is 2. The van der Waals surface area contributed by atoms with Crippen molar-refractivity contribution in [1.82, 2.24) is 4.31 Å². The summed E-state index contributed by atoms with van der Waals surface area (Å²) in [5.41, 5.74) is 0.981. The first-order chi connectivity index (χ1) is 11.5. The molecule has 0 N–H and O–H groups in total. The van der Waals surface area contributed by atoms with Crippen molar-refractivity contribution < 1.29 is 13.2 Å². The standard InChI is InChI=1S/C17H19ClN2O3S/c1-23-16-8-4-3-7-15(16)19-10-12-20(13-11-19)24(21,22)17-9-5-2-6-14(17)18/h2-9H,10-13H2,1H3. The molecule has 0 spiro atoms. The summed E-state index contributed by atoms with van der Waals surface area (Å²) in [6.45, 7) is 2.02. The molecule has 1 heterocycles. The van der Waals surface area contributed by atoms with Crippen LogP contribution < -0.4 is 9.64 Å². The van der Waals surface area contributed by atoms with Gasteiger partial charge in [0, 0.05) is 26.2 Å². The predicted molar refractivity (Wildman–Crippen MR) is 95.4 cm³/mol. The van der Waals surface area contributed by atoms with Crippen LogP contribution in [0.25, 0.3) is 0 Å². The van der Waals surface area contributed by atoms with Crippen molar-refractivity contribution in [3.05, 3.63) is 53.6 Å². The topological polar surface area (TPSA) is 49.9 Å². The van der Waals surface area contributed by atoms with Gasteiger partial charge in [-0.3, -0.25) is 0 Å². The van der Waals surface area contributed by atoms with Crippen molar-refractivity contribution in [3.63, 3.8) is 0 Å². The number of piperazine rings is 1. The molecule has 0 bridgehead atoms. The molecule has 24 heavy (non-hydrogen) atoms. The molecule has 0 amide bonds. The molecule has 128 valence electrons. The molecule has 0 unspecified atom stereocenters. The highest BCUT2D eigenvalue weighted by Crippen LogP contribution is 2.30. The minimum absolute atomic E-state index is 0.164. The molecule has 0 atom stereocenters. The van der Waals surface area contributed by atoms with Crippen LogP contribution in [0, 0.1) is 0 Å². The van der Waals surface area contributed by atoms with Gasteiger partial charge >= 0.3 is 0 Å². The molecular formula is C17H19ClN2O3S. The number of methoxy groups -OCH3 is 1. The van der Waals surface area contributed by atoms with Gasteiger partial charge in [-0.15, -0.1) is 0 Å². The highest BCUT2D eigenvalue weighted by Gasteiger charge is 2.30. The Morgan fingerprint density at radius 2 is 1.58 bits per heavy atom. The fourth-order valence-corrected chi connectivity index (χ4v) is 4.77. The van der Waals surface area contributed by atoms with Gasteiger partial charge in [0.25, 0.3) is 0 Å². The fraction of sp³-hybridized carbons (Fsp3) is 0.294. The van der Waals surface area contributed by atoms with E-state index in [1.54, 1.807) is 31.4 Å². The van der Waals surface area contributed by atoms with Crippen LogP contribution in [0.3, 0.4) is 0 Å².